The van der Waals surface area contributed by atoms with Crippen molar-refractivity contribution in [3.8, 4) is 0 Å². The summed E-state index contributed by atoms with van der Waals surface area (Å²) in [5, 5.41) is 0.696. The van der Waals surface area contributed by atoms with Crippen molar-refractivity contribution in [2.75, 3.05) is 13.7 Å². The van der Waals surface area contributed by atoms with E-state index in [1.165, 1.54) is 12.1 Å². The lowest BCUT2D eigenvalue weighted by molar-refractivity contribution is -0.0249. The van der Waals surface area contributed by atoms with Gasteiger partial charge in [0.1, 0.15) is 5.82 Å². The second-order valence-corrected chi connectivity index (χ2v) is 6.38. The summed E-state index contributed by atoms with van der Waals surface area (Å²) in [7, 11) is 2.11. The normalized spacial score (nSPS) is 21.6. The lowest BCUT2D eigenvalue weighted by Gasteiger charge is -2.35. The van der Waals surface area contributed by atoms with E-state index in [0.29, 0.717) is 17.7 Å². The van der Waals surface area contributed by atoms with Crippen molar-refractivity contribution in [1.82, 2.24) is 9.88 Å². The van der Waals surface area contributed by atoms with Crippen molar-refractivity contribution < 1.29 is 9.13 Å². The fraction of sp³-hybridized carbons (Fsp3) is 0.389. The van der Waals surface area contributed by atoms with Gasteiger partial charge in [-0.3, -0.25) is 9.88 Å². The third-order valence-electron chi connectivity index (χ3n) is 4.40. The Bertz CT molecular complexity index is 650. The fourth-order valence-electron chi connectivity index (χ4n) is 3.02. The zero-order chi connectivity index (χ0) is 16.2. The van der Waals surface area contributed by atoms with E-state index in [1.807, 2.05) is 18.2 Å². The summed E-state index contributed by atoms with van der Waals surface area (Å²) in [4.78, 5) is 6.33. The number of hydrogen-bond acceptors (Lipinski definition) is 3. The first-order valence-electron chi connectivity index (χ1n) is 7.79. The lowest BCUT2D eigenvalue weighted by Crippen LogP contribution is -2.37. The molecule has 1 aromatic heterocycles. The molecule has 1 saturated heterocycles. The van der Waals surface area contributed by atoms with Gasteiger partial charge < -0.3 is 4.74 Å². The largest absolute Gasteiger partial charge is 0.373 e. The Hall–Kier alpha value is -1.49. The molecule has 2 heterocycles. The minimum absolute atomic E-state index is 0.0183. The molecule has 122 valence electrons. The van der Waals surface area contributed by atoms with E-state index >= 15 is 0 Å². The summed E-state index contributed by atoms with van der Waals surface area (Å²) in [5.74, 6) is -0.217. The molecule has 0 amide bonds. The second-order valence-electron chi connectivity index (χ2n) is 5.97. The molecule has 23 heavy (non-hydrogen) atoms. The highest BCUT2D eigenvalue weighted by molar-refractivity contribution is 6.31. The predicted molar refractivity (Wildman–Crippen MR) is 88.8 cm³/mol. The predicted octanol–water partition coefficient (Wildman–Crippen LogP) is 4.23. The van der Waals surface area contributed by atoms with Gasteiger partial charge >= 0.3 is 0 Å². The standard InChI is InChI=1S/C18H20ClFN2O/c1-22(12-14-6-8-21-11-17(14)19)16-7-9-23-18(10-16)13-2-4-15(20)5-3-13/h2-6,8,11,16,18H,7,9-10,12H2,1H3/t16-,18+/m0/s1. The first-order chi connectivity index (χ1) is 11.1. The molecule has 3 nitrogen and oxygen atoms in total. The summed E-state index contributed by atoms with van der Waals surface area (Å²) < 4.78 is 18.9. The van der Waals surface area contributed by atoms with E-state index in [9.17, 15) is 4.39 Å². The summed E-state index contributed by atoms with van der Waals surface area (Å²) in [5.41, 5.74) is 2.11. The maximum Gasteiger partial charge on any atom is 0.123 e. The Morgan fingerprint density at radius 1 is 1.30 bits per heavy atom. The van der Waals surface area contributed by atoms with Crippen LogP contribution < -0.4 is 0 Å². The summed E-state index contributed by atoms with van der Waals surface area (Å²) in [6.07, 6.45) is 5.34. The van der Waals surface area contributed by atoms with E-state index in [4.69, 9.17) is 16.3 Å². The van der Waals surface area contributed by atoms with Gasteiger partial charge in [-0.05, 0) is 49.2 Å². The topological polar surface area (TPSA) is 25.4 Å². The molecule has 1 aliphatic heterocycles. The van der Waals surface area contributed by atoms with Crippen LogP contribution in [0.4, 0.5) is 4.39 Å². The molecule has 1 aliphatic rings. The Kier molecular flexibility index (Phi) is 5.26. The molecule has 0 saturated carbocycles. The Morgan fingerprint density at radius 3 is 2.83 bits per heavy atom. The first kappa shape index (κ1) is 16.4. The summed E-state index contributed by atoms with van der Waals surface area (Å²) >= 11 is 6.20. The molecule has 1 aromatic carbocycles. The third kappa shape index (κ3) is 4.08. The first-order valence-corrected chi connectivity index (χ1v) is 8.17. The monoisotopic (exact) mass is 334 g/mol. The molecule has 0 N–H and O–H groups in total. The number of benzene rings is 1. The van der Waals surface area contributed by atoms with E-state index in [1.54, 1.807) is 12.4 Å². The van der Waals surface area contributed by atoms with Gasteiger partial charge in [0.25, 0.3) is 0 Å². The van der Waals surface area contributed by atoms with Crippen LogP contribution in [0.5, 0.6) is 0 Å². The van der Waals surface area contributed by atoms with Crippen molar-refractivity contribution in [2.24, 2.45) is 0 Å². The average molecular weight is 335 g/mol. The SMILES string of the molecule is CN(Cc1ccncc1Cl)[C@H]1CCO[C@@H](c2ccc(F)cc2)C1. The number of pyridine rings is 1. The third-order valence-corrected chi connectivity index (χ3v) is 4.74. The van der Waals surface area contributed by atoms with Crippen molar-refractivity contribution in [3.05, 3.63) is 64.7 Å². The second kappa shape index (κ2) is 7.39. The van der Waals surface area contributed by atoms with Crippen LogP contribution in [0.15, 0.2) is 42.7 Å². The van der Waals surface area contributed by atoms with Gasteiger partial charge in [-0.25, -0.2) is 4.39 Å². The number of nitrogens with zero attached hydrogens (tertiary/aromatic N) is 2. The minimum Gasteiger partial charge on any atom is -0.373 e. The Labute approximate surface area is 141 Å². The van der Waals surface area contributed by atoms with Crippen molar-refractivity contribution >= 4 is 11.6 Å². The molecule has 5 heteroatoms. The molecule has 3 rings (SSSR count). The molecular formula is C18H20ClFN2O. The van der Waals surface area contributed by atoms with Gasteiger partial charge in [0, 0.05) is 31.6 Å². The minimum atomic E-state index is -0.217. The average Bonchev–Trinajstić information content (AvgIpc) is 2.58. The van der Waals surface area contributed by atoms with Crippen LogP contribution in [0.1, 0.15) is 30.1 Å². The van der Waals surface area contributed by atoms with Crippen molar-refractivity contribution in [1.29, 1.82) is 0 Å². The highest BCUT2D eigenvalue weighted by Crippen LogP contribution is 2.31. The summed E-state index contributed by atoms with van der Waals surface area (Å²) in [6.45, 7) is 1.49. The van der Waals surface area contributed by atoms with E-state index in [-0.39, 0.29) is 11.9 Å². The van der Waals surface area contributed by atoms with Crippen LogP contribution in [0.3, 0.4) is 0 Å². The smallest absolute Gasteiger partial charge is 0.123 e. The van der Waals surface area contributed by atoms with Crippen LogP contribution in [0.2, 0.25) is 5.02 Å². The number of ether oxygens (including phenoxy) is 1. The Morgan fingerprint density at radius 2 is 2.09 bits per heavy atom. The number of halogens is 2. The molecule has 1 fully saturated rings. The highest BCUT2D eigenvalue weighted by Gasteiger charge is 2.26. The van der Waals surface area contributed by atoms with E-state index in [2.05, 4.69) is 16.9 Å². The van der Waals surface area contributed by atoms with Gasteiger partial charge in [-0.1, -0.05) is 23.7 Å². The van der Waals surface area contributed by atoms with Crippen LogP contribution in [-0.2, 0) is 11.3 Å². The summed E-state index contributed by atoms with van der Waals surface area (Å²) in [6, 6.07) is 8.95. The van der Waals surface area contributed by atoms with E-state index in [0.717, 1.165) is 30.5 Å². The lowest BCUT2D eigenvalue weighted by atomic mass is 9.96. The van der Waals surface area contributed by atoms with Crippen LogP contribution in [-0.4, -0.2) is 29.6 Å². The van der Waals surface area contributed by atoms with Gasteiger partial charge in [0.15, 0.2) is 0 Å². The number of hydrogen-bond donors (Lipinski definition) is 0. The zero-order valence-electron chi connectivity index (χ0n) is 13.1. The van der Waals surface area contributed by atoms with Crippen LogP contribution >= 0.6 is 11.6 Å². The quantitative estimate of drug-likeness (QED) is 0.836. The van der Waals surface area contributed by atoms with Crippen LogP contribution in [0.25, 0.3) is 0 Å². The maximum atomic E-state index is 13.1. The van der Waals surface area contributed by atoms with Gasteiger partial charge in [-0.15, -0.1) is 0 Å². The maximum absolute atomic E-state index is 13.1. The Balaban J connectivity index is 1.66. The number of aromatic nitrogens is 1. The van der Waals surface area contributed by atoms with Gasteiger partial charge in [-0.2, -0.15) is 0 Å². The van der Waals surface area contributed by atoms with E-state index < -0.39 is 0 Å². The fourth-order valence-corrected chi connectivity index (χ4v) is 3.20. The van der Waals surface area contributed by atoms with Gasteiger partial charge in [0.2, 0.25) is 0 Å². The van der Waals surface area contributed by atoms with Crippen molar-refractivity contribution in [2.45, 2.75) is 31.5 Å². The molecular weight excluding hydrogens is 315 g/mol. The van der Waals surface area contributed by atoms with Crippen molar-refractivity contribution in [3.63, 3.8) is 0 Å². The molecule has 0 aliphatic carbocycles. The molecule has 0 unspecified atom stereocenters. The molecule has 2 aromatic rings. The molecule has 0 bridgehead atoms. The molecule has 0 radical (unpaired) electrons. The molecule has 0 spiro atoms. The number of rotatable bonds is 4. The zero-order valence-corrected chi connectivity index (χ0v) is 13.8. The molecule has 2 atom stereocenters. The van der Waals surface area contributed by atoms with Crippen LogP contribution in [0, 0.1) is 5.82 Å². The highest BCUT2D eigenvalue weighted by atomic mass is 35.5. The van der Waals surface area contributed by atoms with Gasteiger partial charge in [0.05, 0.1) is 11.1 Å².